The first kappa shape index (κ1) is 14.9. The van der Waals surface area contributed by atoms with Gasteiger partial charge in [-0.25, -0.2) is 4.39 Å². The molecule has 1 aliphatic heterocycles. The first-order chi connectivity index (χ1) is 9.11. The van der Waals surface area contributed by atoms with Crippen molar-refractivity contribution in [1.82, 2.24) is 10.2 Å². The highest BCUT2D eigenvalue weighted by atomic mass is 79.9. The molecule has 5 heteroatoms. The summed E-state index contributed by atoms with van der Waals surface area (Å²) in [6.07, 6.45) is 0.227. The van der Waals surface area contributed by atoms with E-state index in [1.807, 2.05) is 19.2 Å². The van der Waals surface area contributed by atoms with Gasteiger partial charge in [-0.3, -0.25) is 4.90 Å². The van der Waals surface area contributed by atoms with E-state index in [4.69, 9.17) is 4.74 Å². The third-order valence-electron chi connectivity index (χ3n) is 3.58. The van der Waals surface area contributed by atoms with E-state index < -0.39 is 0 Å². The van der Waals surface area contributed by atoms with Crippen LogP contribution in [0.5, 0.6) is 0 Å². The SMILES string of the molecule is CNCC1CN(C(C)c2ccc(F)c(Br)c2)CCO1. The van der Waals surface area contributed by atoms with E-state index in [1.165, 1.54) is 6.07 Å². The number of nitrogens with one attached hydrogen (secondary N) is 1. The van der Waals surface area contributed by atoms with Crippen LogP contribution in [0.1, 0.15) is 18.5 Å². The molecule has 19 heavy (non-hydrogen) atoms. The van der Waals surface area contributed by atoms with Gasteiger partial charge in [-0.2, -0.15) is 0 Å². The predicted molar refractivity (Wildman–Crippen MR) is 77.8 cm³/mol. The van der Waals surface area contributed by atoms with Crippen molar-refractivity contribution in [3.63, 3.8) is 0 Å². The molecule has 2 unspecified atom stereocenters. The van der Waals surface area contributed by atoms with E-state index in [9.17, 15) is 4.39 Å². The van der Waals surface area contributed by atoms with Gasteiger partial charge in [0.2, 0.25) is 0 Å². The van der Waals surface area contributed by atoms with Gasteiger partial charge in [-0.05, 0) is 47.6 Å². The smallest absolute Gasteiger partial charge is 0.137 e. The molecule has 0 bridgehead atoms. The van der Waals surface area contributed by atoms with Crippen molar-refractivity contribution in [2.75, 3.05) is 33.3 Å². The largest absolute Gasteiger partial charge is 0.374 e. The molecule has 106 valence electrons. The Bertz CT molecular complexity index is 428. The van der Waals surface area contributed by atoms with Crippen LogP contribution >= 0.6 is 15.9 Å². The zero-order valence-electron chi connectivity index (χ0n) is 11.3. The minimum Gasteiger partial charge on any atom is -0.374 e. The quantitative estimate of drug-likeness (QED) is 0.918. The lowest BCUT2D eigenvalue weighted by Gasteiger charge is -2.37. The molecule has 0 aromatic heterocycles. The van der Waals surface area contributed by atoms with Crippen molar-refractivity contribution in [2.45, 2.75) is 19.1 Å². The van der Waals surface area contributed by atoms with Crippen molar-refractivity contribution in [2.24, 2.45) is 0 Å². The van der Waals surface area contributed by atoms with Crippen LogP contribution in [-0.4, -0.2) is 44.3 Å². The maximum atomic E-state index is 13.3. The summed E-state index contributed by atoms with van der Waals surface area (Å²) in [5.74, 6) is -0.217. The Hall–Kier alpha value is -0.490. The Labute approximate surface area is 122 Å². The minimum absolute atomic E-state index is 0.217. The summed E-state index contributed by atoms with van der Waals surface area (Å²) in [5.41, 5.74) is 1.12. The van der Waals surface area contributed by atoms with Gasteiger partial charge < -0.3 is 10.1 Å². The average Bonchev–Trinajstić information content (AvgIpc) is 2.42. The monoisotopic (exact) mass is 330 g/mol. The molecule has 1 N–H and O–H groups in total. The van der Waals surface area contributed by atoms with E-state index in [2.05, 4.69) is 33.1 Å². The molecule has 1 aliphatic rings. The number of nitrogens with zero attached hydrogens (tertiary/aromatic N) is 1. The second-order valence-electron chi connectivity index (χ2n) is 4.89. The molecule has 1 aromatic carbocycles. The maximum Gasteiger partial charge on any atom is 0.137 e. The van der Waals surface area contributed by atoms with Crippen LogP contribution in [-0.2, 0) is 4.74 Å². The van der Waals surface area contributed by atoms with Gasteiger partial charge in [0, 0.05) is 25.7 Å². The Balaban J connectivity index is 2.05. The standard InChI is InChI=1S/C14H20BrFN2O/c1-10(11-3-4-14(16)13(15)7-11)18-5-6-19-12(9-18)8-17-2/h3-4,7,10,12,17H,5-6,8-9H2,1-2H3. The van der Waals surface area contributed by atoms with E-state index >= 15 is 0 Å². The summed E-state index contributed by atoms with van der Waals surface area (Å²) >= 11 is 3.25. The fourth-order valence-corrected chi connectivity index (χ4v) is 2.82. The summed E-state index contributed by atoms with van der Waals surface area (Å²) in [6, 6.07) is 5.50. The number of morpholine rings is 1. The molecule has 0 radical (unpaired) electrons. The van der Waals surface area contributed by atoms with Crippen LogP contribution in [0.4, 0.5) is 4.39 Å². The van der Waals surface area contributed by atoms with Crippen LogP contribution in [0.15, 0.2) is 22.7 Å². The Morgan fingerprint density at radius 3 is 3.05 bits per heavy atom. The average molecular weight is 331 g/mol. The summed E-state index contributed by atoms with van der Waals surface area (Å²) in [5, 5.41) is 3.14. The van der Waals surface area contributed by atoms with Crippen LogP contribution in [0.2, 0.25) is 0 Å². The van der Waals surface area contributed by atoms with E-state index in [0.717, 1.165) is 31.8 Å². The zero-order chi connectivity index (χ0) is 13.8. The predicted octanol–water partition coefficient (Wildman–Crippen LogP) is 2.57. The highest BCUT2D eigenvalue weighted by molar-refractivity contribution is 9.10. The number of halogens is 2. The van der Waals surface area contributed by atoms with Gasteiger partial charge in [-0.15, -0.1) is 0 Å². The van der Waals surface area contributed by atoms with Gasteiger partial charge in [0.05, 0.1) is 17.2 Å². The van der Waals surface area contributed by atoms with Crippen molar-refractivity contribution < 1.29 is 9.13 Å². The summed E-state index contributed by atoms with van der Waals surface area (Å²) in [6.45, 7) is 5.57. The topological polar surface area (TPSA) is 24.5 Å². The molecule has 1 saturated heterocycles. The molecule has 0 amide bonds. The number of benzene rings is 1. The first-order valence-corrected chi connectivity index (χ1v) is 7.36. The highest BCUT2D eigenvalue weighted by Gasteiger charge is 2.24. The lowest BCUT2D eigenvalue weighted by molar-refractivity contribution is -0.0393. The molecule has 3 nitrogen and oxygen atoms in total. The van der Waals surface area contributed by atoms with Gasteiger partial charge in [-0.1, -0.05) is 6.07 Å². The number of ether oxygens (including phenoxy) is 1. The van der Waals surface area contributed by atoms with Gasteiger partial charge in [0.25, 0.3) is 0 Å². The molecular formula is C14H20BrFN2O. The number of likely N-dealkylation sites (N-methyl/N-ethyl adjacent to an activating group) is 1. The second-order valence-corrected chi connectivity index (χ2v) is 5.75. The van der Waals surface area contributed by atoms with Crippen molar-refractivity contribution in [3.05, 3.63) is 34.1 Å². The minimum atomic E-state index is -0.217. The van der Waals surface area contributed by atoms with Crippen molar-refractivity contribution >= 4 is 15.9 Å². The fraction of sp³-hybridized carbons (Fsp3) is 0.571. The molecule has 1 fully saturated rings. The highest BCUT2D eigenvalue weighted by Crippen LogP contribution is 2.26. The molecule has 1 aromatic rings. The van der Waals surface area contributed by atoms with Gasteiger partial charge >= 0.3 is 0 Å². The summed E-state index contributed by atoms with van der Waals surface area (Å²) in [4.78, 5) is 2.38. The molecule has 0 spiro atoms. The zero-order valence-corrected chi connectivity index (χ0v) is 12.9. The van der Waals surface area contributed by atoms with Gasteiger partial charge in [0.1, 0.15) is 5.82 Å². The maximum absolute atomic E-state index is 13.3. The van der Waals surface area contributed by atoms with Crippen LogP contribution in [0.25, 0.3) is 0 Å². The number of rotatable bonds is 4. The third kappa shape index (κ3) is 3.75. The van der Waals surface area contributed by atoms with Gasteiger partial charge in [0.15, 0.2) is 0 Å². The van der Waals surface area contributed by atoms with Crippen LogP contribution in [0, 0.1) is 5.82 Å². The van der Waals surface area contributed by atoms with Crippen LogP contribution < -0.4 is 5.32 Å². The summed E-state index contributed by atoms with van der Waals surface area (Å²) in [7, 11) is 1.93. The first-order valence-electron chi connectivity index (χ1n) is 6.57. The van der Waals surface area contributed by atoms with E-state index in [1.54, 1.807) is 0 Å². The lowest BCUT2D eigenvalue weighted by atomic mass is 10.1. The Kier molecular flexibility index (Phi) is 5.33. The number of hydrogen-bond donors (Lipinski definition) is 1. The molecule has 2 atom stereocenters. The Morgan fingerprint density at radius 2 is 2.37 bits per heavy atom. The third-order valence-corrected chi connectivity index (χ3v) is 4.18. The molecule has 0 saturated carbocycles. The van der Waals surface area contributed by atoms with E-state index in [0.29, 0.717) is 4.47 Å². The summed E-state index contributed by atoms with van der Waals surface area (Å²) < 4.78 is 19.5. The lowest BCUT2D eigenvalue weighted by Crippen LogP contribution is -2.46. The van der Waals surface area contributed by atoms with E-state index in [-0.39, 0.29) is 18.0 Å². The van der Waals surface area contributed by atoms with Crippen molar-refractivity contribution in [3.8, 4) is 0 Å². The molecular weight excluding hydrogens is 311 g/mol. The normalized spacial score (nSPS) is 22.4. The Morgan fingerprint density at radius 1 is 1.58 bits per heavy atom. The molecule has 0 aliphatic carbocycles. The molecule has 1 heterocycles. The number of hydrogen-bond acceptors (Lipinski definition) is 3. The molecule has 2 rings (SSSR count). The second kappa shape index (κ2) is 6.79. The fourth-order valence-electron chi connectivity index (χ4n) is 2.43. The van der Waals surface area contributed by atoms with Crippen molar-refractivity contribution in [1.29, 1.82) is 0 Å². The van der Waals surface area contributed by atoms with Crippen LogP contribution in [0.3, 0.4) is 0 Å².